The van der Waals surface area contributed by atoms with E-state index in [1.54, 1.807) is 37.9 Å². The fraction of sp³-hybridized carbons (Fsp3) is 0.367. The van der Waals surface area contributed by atoms with Crippen molar-refractivity contribution in [3.05, 3.63) is 76.8 Å². The van der Waals surface area contributed by atoms with Crippen LogP contribution in [0.15, 0.2) is 65.7 Å². The Morgan fingerprint density at radius 3 is 2.61 bits per heavy atom. The van der Waals surface area contributed by atoms with Crippen molar-refractivity contribution in [3.63, 3.8) is 0 Å². The minimum atomic E-state index is -1.05. The third kappa shape index (κ3) is 5.78. The van der Waals surface area contributed by atoms with Crippen LogP contribution < -0.4 is 20.3 Å². The number of benzene rings is 2. The zero-order chi connectivity index (χ0) is 26.7. The van der Waals surface area contributed by atoms with Crippen LogP contribution in [0.1, 0.15) is 32.3 Å². The number of rotatable bonds is 9. The Balaban J connectivity index is 1.40. The Kier molecular flexibility index (Phi) is 7.56. The molecule has 0 radical (unpaired) electrons. The molecule has 0 amide bonds. The molecule has 3 N–H and O–H groups in total. The molecule has 200 valence electrons. The van der Waals surface area contributed by atoms with Crippen molar-refractivity contribution in [1.82, 2.24) is 14.9 Å². The third-order valence-electron chi connectivity index (χ3n) is 6.90. The quantitative estimate of drug-likeness (QED) is 0.279. The molecular formula is C30H35N3O5. The molecule has 0 spiro atoms. The summed E-state index contributed by atoms with van der Waals surface area (Å²) in [5.74, 6) is 1.92. The summed E-state index contributed by atoms with van der Waals surface area (Å²) in [5, 5.41) is 14.8. The maximum atomic E-state index is 12.6. The van der Waals surface area contributed by atoms with Crippen molar-refractivity contribution >= 4 is 10.9 Å². The molecule has 1 aliphatic rings. The zero-order valence-corrected chi connectivity index (χ0v) is 22.1. The van der Waals surface area contributed by atoms with Crippen LogP contribution >= 0.6 is 0 Å². The Morgan fingerprint density at radius 2 is 1.82 bits per heavy atom. The molecule has 4 aromatic rings. The maximum absolute atomic E-state index is 12.6. The first kappa shape index (κ1) is 26.0. The number of aliphatic hydroxyl groups is 1. The molecule has 38 heavy (non-hydrogen) atoms. The molecule has 0 unspecified atom stereocenters. The topological polar surface area (TPSA) is 97.7 Å². The first-order valence-corrected chi connectivity index (χ1v) is 13.1. The Hall–Kier alpha value is -3.59. The lowest BCUT2D eigenvalue weighted by molar-refractivity contribution is 0.0168. The highest BCUT2D eigenvalue weighted by molar-refractivity contribution is 5.96. The number of nitrogens with one attached hydrogen (secondary N) is 2. The van der Waals surface area contributed by atoms with E-state index in [0.717, 1.165) is 48.0 Å². The number of ether oxygens (including phenoxy) is 3. The number of nitrogens with zero attached hydrogens (tertiary/aromatic N) is 1. The number of pyridine rings is 1. The van der Waals surface area contributed by atoms with Gasteiger partial charge in [-0.25, -0.2) is 0 Å². The molecule has 1 aliphatic heterocycles. The first-order chi connectivity index (χ1) is 18.3. The summed E-state index contributed by atoms with van der Waals surface area (Å²) in [6.07, 6.45) is 5.91. The summed E-state index contributed by atoms with van der Waals surface area (Å²) < 4.78 is 19.8. The SMILES string of the molecule is Cn1cc(-c2cc(C(C)(C)O)ccc2Oc2cccc(OCCOC3CCNCC3)c2)c2cc[nH]c2c1=O. The van der Waals surface area contributed by atoms with Crippen LogP contribution in [0.3, 0.4) is 0 Å². The minimum Gasteiger partial charge on any atom is -0.491 e. The van der Waals surface area contributed by atoms with Crippen LogP contribution in [0.2, 0.25) is 0 Å². The van der Waals surface area contributed by atoms with E-state index >= 15 is 0 Å². The molecule has 5 rings (SSSR count). The number of aromatic nitrogens is 2. The molecule has 0 bridgehead atoms. The highest BCUT2D eigenvalue weighted by Gasteiger charge is 2.21. The lowest BCUT2D eigenvalue weighted by Crippen LogP contribution is -2.33. The van der Waals surface area contributed by atoms with Gasteiger partial charge in [0.05, 0.1) is 18.3 Å². The molecule has 2 aromatic heterocycles. The van der Waals surface area contributed by atoms with Gasteiger partial charge >= 0.3 is 0 Å². The van der Waals surface area contributed by atoms with E-state index in [0.29, 0.717) is 42.1 Å². The average molecular weight is 518 g/mol. The Bertz CT molecular complexity index is 1460. The number of hydrogen-bond acceptors (Lipinski definition) is 6. The van der Waals surface area contributed by atoms with E-state index < -0.39 is 5.60 Å². The molecule has 8 nitrogen and oxygen atoms in total. The number of aromatic amines is 1. The smallest absolute Gasteiger partial charge is 0.274 e. The highest BCUT2D eigenvalue weighted by atomic mass is 16.5. The van der Waals surface area contributed by atoms with Gasteiger partial charge in [0.15, 0.2) is 0 Å². The van der Waals surface area contributed by atoms with Crippen LogP contribution in [0, 0.1) is 0 Å². The summed E-state index contributed by atoms with van der Waals surface area (Å²) in [7, 11) is 1.72. The Morgan fingerprint density at radius 1 is 1.03 bits per heavy atom. The van der Waals surface area contributed by atoms with Gasteiger partial charge < -0.3 is 34.2 Å². The lowest BCUT2D eigenvalue weighted by Gasteiger charge is -2.23. The maximum Gasteiger partial charge on any atom is 0.274 e. The second-order valence-electron chi connectivity index (χ2n) is 10.2. The standard InChI is InChI=1S/C30H35N3O5/c1-30(2,35)20-7-8-27(25(17-20)26-19-33(3)29(34)28-24(26)11-14-32-28)38-23-6-4-5-22(18-23)37-16-15-36-21-9-12-31-13-10-21/h4-8,11,14,17-19,21,31-32,35H,9-10,12-13,15-16H2,1-3H3. The number of fused-ring (bicyclic) bond motifs is 1. The number of piperidine rings is 1. The second kappa shape index (κ2) is 11.0. The predicted octanol–water partition coefficient (Wildman–Crippen LogP) is 4.70. The molecule has 2 aromatic carbocycles. The predicted molar refractivity (Wildman–Crippen MR) is 148 cm³/mol. The van der Waals surface area contributed by atoms with Gasteiger partial charge in [0.1, 0.15) is 29.4 Å². The Labute approximate surface area is 222 Å². The van der Waals surface area contributed by atoms with Gasteiger partial charge in [0.25, 0.3) is 5.56 Å². The van der Waals surface area contributed by atoms with Gasteiger partial charge in [0.2, 0.25) is 0 Å². The zero-order valence-electron chi connectivity index (χ0n) is 22.1. The molecule has 8 heteroatoms. The number of aryl methyl sites for hydroxylation is 1. The second-order valence-corrected chi connectivity index (χ2v) is 10.2. The molecule has 1 fully saturated rings. The first-order valence-electron chi connectivity index (χ1n) is 13.1. The van der Waals surface area contributed by atoms with E-state index in [-0.39, 0.29) is 5.56 Å². The summed E-state index contributed by atoms with van der Waals surface area (Å²) in [5.41, 5.74) is 1.70. The molecular weight excluding hydrogens is 482 g/mol. The summed E-state index contributed by atoms with van der Waals surface area (Å²) in [6, 6.07) is 15.0. The van der Waals surface area contributed by atoms with Gasteiger partial charge in [-0.2, -0.15) is 0 Å². The van der Waals surface area contributed by atoms with E-state index in [4.69, 9.17) is 14.2 Å². The van der Waals surface area contributed by atoms with Crippen LogP contribution in [-0.2, 0) is 17.4 Å². The van der Waals surface area contributed by atoms with Gasteiger partial charge in [-0.15, -0.1) is 0 Å². The van der Waals surface area contributed by atoms with Crippen molar-refractivity contribution < 1.29 is 19.3 Å². The number of hydrogen-bond donors (Lipinski definition) is 3. The van der Waals surface area contributed by atoms with Gasteiger partial charge in [-0.05, 0) is 75.7 Å². The highest BCUT2D eigenvalue weighted by Crippen LogP contribution is 2.39. The van der Waals surface area contributed by atoms with Crippen molar-refractivity contribution in [1.29, 1.82) is 0 Å². The van der Waals surface area contributed by atoms with Crippen LogP contribution in [-0.4, -0.2) is 47.1 Å². The summed E-state index contributed by atoms with van der Waals surface area (Å²) in [6.45, 7) is 6.49. The van der Waals surface area contributed by atoms with Crippen molar-refractivity contribution in [2.45, 2.75) is 38.4 Å². The van der Waals surface area contributed by atoms with E-state index in [1.807, 2.05) is 48.5 Å². The largest absolute Gasteiger partial charge is 0.491 e. The fourth-order valence-electron chi connectivity index (χ4n) is 4.78. The van der Waals surface area contributed by atoms with Crippen molar-refractivity contribution in [2.75, 3.05) is 26.3 Å². The van der Waals surface area contributed by atoms with Gasteiger partial charge in [-0.3, -0.25) is 4.79 Å². The third-order valence-corrected chi connectivity index (χ3v) is 6.90. The molecule has 0 aliphatic carbocycles. The van der Waals surface area contributed by atoms with E-state index in [1.165, 1.54) is 0 Å². The average Bonchev–Trinajstić information content (AvgIpc) is 3.40. The molecule has 0 atom stereocenters. The minimum absolute atomic E-state index is 0.108. The normalized spacial score (nSPS) is 14.6. The van der Waals surface area contributed by atoms with E-state index in [9.17, 15) is 9.90 Å². The monoisotopic (exact) mass is 517 g/mol. The van der Waals surface area contributed by atoms with Gasteiger partial charge in [0, 0.05) is 42.0 Å². The summed E-state index contributed by atoms with van der Waals surface area (Å²) in [4.78, 5) is 15.7. The lowest BCUT2D eigenvalue weighted by atomic mass is 9.93. The fourth-order valence-corrected chi connectivity index (χ4v) is 4.78. The van der Waals surface area contributed by atoms with Crippen molar-refractivity contribution in [2.24, 2.45) is 7.05 Å². The molecule has 3 heterocycles. The van der Waals surface area contributed by atoms with E-state index in [2.05, 4.69) is 10.3 Å². The number of H-pyrrole nitrogens is 1. The molecule has 0 saturated carbocycles. The molecule has 1 saturated heterocycles. The van der Waals surface area contributed by atoms with Crippen LogP contribution in [0.4, 0.5) is 0 Å². The summed E-state index contributed by atoms with van der Waals surface area (Å²) >= 11 is 0. The van der Waals surface area contributed by atoms with Crippen molar-refractivity contribution in [3.8, 4) is 28.4 Å². The van der Waals surface area contributed by atoms with Crippen LogP contribution in [0.5, 0.6) is 17.2 Å². The van der Waals surface area contributed by atoms with Gasteiger partial charge in [-0.1, -0.05) is 12.1 Å². The van der Waals surface area contributed by atoms with Crippen LogP contribution in [0.25, 0.3) is 22.0 Å².